The zero-order valence-corrected chi connectivity index (χ0v) is 29.8. The van der Waals surface area contributed by atoms with E-state index in [9.17, 15) is 19.2 Å². The summed E-state index contributed by atoms with van der Waals surface area (Å²) < 4.78 is 4.53. The number of carbonyl (C=O) groups excluding carboxylic acids is 4. The van der Waals surface area contributed by atoms with E-state index in [-0.39, 0.29) is 41.9 Å². The average molecular weight is 788 g/mol. The molecule has 0 aliphatic carbocycles. The van der Waals surface area contributed by atoms with Gasteiger partial charge in [-0.2, -0.15) is 5.10 Å². The Labute approximate surface area is 294 Å². The first-order valence-electron chi connectivity index (χ1n) is 14.8. The molecule has 15 nitrogen and oxygen atoms in total. The van der Waals surface area contributed by atoms with Gasteiger partial charge in [0, 0.05) is 81.9 Å². The van der Waals surface area contributed by atoms with Crippen molar-refractivity contribution < 1.29 is 19.2 Å². The molecule has 3 heterocycles. The van der Waals surface area contributed by atoms with Crippen LogP contribution in [-0.4, -0.2) is 83.7 Å². The summed E-state index contributed by atoms with van der Waals surface area (Å²) >= 11 is 6.96. The lowest BCUT2D eigenvalue weighted by Gasteiger charge is -2.33. The third-order valence-electron chi connectivity index (χ3n) is 7.18. The number of nitrogens with two attached hydrogens (primary N) is 1. The Kier molecular flexibility index (Phi) is 12.3. The number of rotatable bonds is 15. The molecule has 0 fully saturated rings. The smallest absolute Gasteiger partial charge is 0.273 e. The van der Waals surface area contributed by atoms with Crippen molar-refractivity contribution in [2.45, 2.75) is 6.42 Å². The number of amides is 4. The molecule has 0 bridgehead atoms. The topological polar surface area (TPSA) is 188 Å². The maximum Gasteiger partial charge on any atom is 0.273 e. The molecule has 48 heavy (non-hydrogen) atoms. The number of alkyl halides is 2. The van der Waals surface area contributed by atoms with Crippen LogP contribution in [0.15, 0.2) is 60.9 Å². The number of hydrogen-bond donors (Lipinski definition) is 5. The lowest BCUT2D eigenvalue weighted by molar-refractivity contribution is 0.0902. The molecule has 0 saturated carbocycles. The van der Waals surface area contributed by atoms with Gasteiger partial charge >= 0.3 is 0 Å². The number of nitrogens with one attached hydrogen (secondary N) is 4. The molecule has 4 amide bonds. The fourth-order valence-corrected chi connectivity index (χ4v) is 5.70. The zero-order chi connectivity index (χ0) is 35.0. The Morgan fingerprint density at radius 3 is 2.12 bits per heavy atom. The summed E-state index contributed by atoms with van der Waals surface area (Å²) in [5.41, 5.74) is 7.47. The van der Waals surface area contributed by atoms with Gasteiger partial charge in [-0.1, -0.05) is 50.1 Å². The molecule has 0 saturated heterocycles. The highest BCUT2D eigenvalue weighted by Crippen LogP contribution is 2.25. The van der Waals surface area contributed by atoms with Crippen molar-refractivity contribution >= 4 is 78.5 Å². The first-order valence-corrected chi connectivity index (χ1v) is 17.0. The van der Waals surface area contributed by atoms with Crippen LogP contribution in [-0.2, 0) is 21.1 Å². The number of aromatic nitrogens is 4. The predicted octanol–water partition coefficient (Wildman–Crippen LogP) is 3.31. The number of aryl methyl sites for hydroxylation is 3. The minimum Gasteiger partial charge on any atom is -0.388 e. The largest absolute Gasteiger partial charge is 0.388 e. The Balaban J connectivity index is 1.50. The second-order valence-corrected chi connectivity index (χ2v) is 12.3. The number of nitrogens with zero attached hydrogens (tertiary/aromatic N) is 6. The molecule has 17 heteroatoms. The van der Waals surface area contributed by atoms with Gasteiger partial charge in [-0.3, -0.25) is 29.3 Å². The molecular formula is C31H37Br2N11O4. The molecule has 3 aromatic heterocycles. The standard InChI is InChI=1S/C31H37Br2N11O4/c1-40-18-21(15-23(40)30(47)38-27-17-25(42(3)39-27)28(45)36-12-9-26(34)35)37-29(46)24-16-22(19-41(24)2)44(43(13-10-32)14-11-33)31(48)20-7-5-4-6-8-20/h4-8,15-19H,9-14H2,1-3H3,(H3,34,35)(H,36,45)(H,37,46)(H,38,39,47). The van der Waals surface area contributed by atoms with Crippen molar-refractivity contribution in [2.75, 3.05) is 45.9 Å². The molecule has 0 aliphatic heterocycles. The monoisotopic (exact) mass is 785 g/mol. The zero-order valence-electron chi connectivity index (χ0n) is 26.7. The van der Waals surface area contributed by atoms with E-state index in [1.165, 1.54) is 16.8 Å². The molecule has 0 spiro atoms. The normalized spacial score (nSPS) is 11.0. The van der Waals surface area contributed by atoms with Crippen molar-refractivity contribution in [3.8, 4) is 0 Å². The maximum absolute atomic E-state index is 13.7. The van der Waals surface area contributed by atoms with Gasteiger partial charge in [0.05, 0.1) is 17.2 Å². The summed E-state index contributed by atoms with van der Waals surface area (Å²) in [6, 6.07) is 13.5. The molecule has 0 atom stereocenters. The van der Waals surface area contributed by atoms with Gasteiger partial charge in [-0.05, 0) is 24.3 Å². The highest BCUT2D eigenvalue weighted by atomic mass is 79.9. The van der Waals surface area contributed by atoms with E-state index in [0.717, 1.165) is 0 Å². The number of halogens is 2. The SMILES string of the molecule is Cn1cc(N(C(=O)c2ccccc2)N(CCBr)CCBr)cc1C(=O)Nc1cc(C(=O)Nc2cc(C(=O)NCCC(=N)N)n(C)n2)n(C)c1. The van der Waals surface area contributed by atoms with E-state index in [1.807, 2.05) is 11.1 Å². The quantitative estimate of drug-likeness (QED) is 0.0529. The second kappa shape index (κ2) is 16.4. The molecule has 0 radical (unpaired) electrons. The number of anilines is 3. The summed E-state index contributed by atoms with van der Waals surface area (Å²) in [6.45, 7) is 1.28. The van der Waals surface area contributed by atoms with Gasteiger partial charge in [0.2, 0.25) is 0 Å². The summed E-state index contributed by atoms with van der Waals surface area (Å²) in [6.07, 6.45) is 3.53. The third-order valence-corrected chi connectivity index (χ3v) is 7.89. The number of hydrogen-bond acceptors (Lipinski definition) is 7. The number of benzene rings is 1. The molecule has 0 aliphatic rings. The molecule has 4 aromatic rings. The molecule has 4 rings (SSSR count). The van der Waals surface area contributed by atoms with Crippen LogP contribution in [0.5, 0.6) is 0 Å². The minimum absolute atomic E-state index is 0.0418. The Hall–Kier alpha value is -4.74. The van der Waals surface area contributed by atoms with Crippen LogP contribution in [0, 0.1) is 5.41 Å². The molecule has 0 unspecified atom stereocenters. The summed E-state index contributed by atoms with van der Waals surface area (Å²) in [4.78, 5) is 52.8. The van der Waals surface area contributed by atoms with Crippen molar-refractivity contribution in [3.05, 3.63) is 83.6 Å². The van der Waals surface area contributed by atoms with Gasteiger partial charge in [0.15, 0.2) is 5.82 Å². The van der Waals surface area contributed by atoms with E-state index >= 15 is 0 Å². The third kappa shape index (κ3) is 8.78. The fraction of sp³-hybridized carbons (Fsp3) is 0.290. The number of carbonyl (C=O) groups is 4. The Morgan fingerprint density at radius 1 is 0.854 bits per heavy atom. The van der Waals surface area contributed by atoms with Crippen LogP contribution in [0.3, 0.4) is 0 Å². The van der Waals surface area contributed by atoms with Gasteiger partial charge in [-0.25, -0.2) is 10.0 Å². The first-order chi connectivity index (χ1) is 22.9. The van der Waals surface area contributed by atoms with Crippen LogP contribution in [0.25, 0.3) is 0 Å². The molecular weight excluding hydrogens is 750 g/mol. The van der Waals surface area contributed by atoms with Crippen LogP contribution in [0.4, 0.5) is 17.2 Å². The van der Waals surface area contributed by atoms with Gasteiger partial charge < -0.3 is 30.8 Å². The van der Waals surface area contributed by atoms with Crippen LogP contribution >= 0.6 is 31.9 Å². The van der Waals surface area contributed by atoms with Crippen LogP contribution < -0.4 is 26.7 Å². The Morgan fingerprint density at radius 2 is 1.48 bits per heavy atom. The predicted molar refractivity (Wildman–Crippen MR) is 191 cm³/mol. The van der Waals surface area contributed by atoms with E-state index in [2.05, 4.69) is 52.9 Å². The lowest BCUT2D eigenvalue weighted by Crippen LogP contribution is -2.48. The van der Waals surface area contributed by atoms with Crippen LogP contribution in [0.2, 0.25) is 0 Å². The maximum atomic E-state index is 13.7. The molecule has 1 aromatic carbocycles. The number of amidine groups is 1. The fourth-order valence-electron chi connectivity index (χ4n) is 4.88. The summed E-state index contributed by atoms with van der Waals surface area (Å²) in [7, 11) is 4.95. The minimum atomic E-state index is -0.505. The van der Waals surface area contributed by atoms with E-state index in [4.69, 9.17) is 11.1 Å². The van der Waals surface area contributed by atoms with Gasteiger partial charge in [0.25, 0.3) is 23.6 Å². The van der Waals surface area contributed by atoms with Crippen molar-refractivity contribution in [3.63, 3.8) is 0 Å². The first kappa shape index (κ1) is 36.1. The van der Waals surface area contributed by atoms with Gasteiger partial charge in [-0.15, -0.1) is 0 Å². The van der Waals surface area contributed by atoms with Gasteiger partial charge in [0.1, 0.15) is 17.1 Å². The summed E-state index contributed by atoms with van der Waals surface area (Å²) in [5, 5.41) is 24.4. The molecule has 254 valence electrons. The van der Waals surface area contributed by atoms with Crippen molar-refractivity contribution in [2.24, 2.45) is 26.9 Å². The van der Waals surface area contributed by atoms with Crippen molar-refractivity contribution in [1.29, 1.82) is 5.41 Å². The van der Waals surface area contributed by atoms with E-state index < -0.39 is 17.7 Å². The van der Waals surface area contributed by atoms with Crippen molar-refractivity contribution in [1.82, 2.24) is 29.2 Å². The highest BCUT2D eigenvalue weighted by molar-refractivity contribution is 9.09. The van der Waals surface area contributed by atoms with E-state index in [0.29, 0.717) is 46.4 Å². The van der Waals surface area contributed by atoms with E-state index in [1.54, 1.807) is 78.0 Å². The lowest BCUT2D eigenvalue weighted by atomic mass is 10.2. The summed E-state index contributed by atoms with van der Waals surface area (Å²) in [5.74, 6) is -1.49. The second-order valence-electron chi connectivity index (χ2n) is 10.7. The Bertz CT molecular complexity index is 1790. The highest BCUT2D eigenvalue weighted by Gasteiger charge is 2.27. The van der Waals surface area contributed by atoms with Crippen LogP contribution in [0.1, 0.15) is 48.2 Å². The number of hydrazine groups is 1. The molecule has 6 N–H and O–H groups in total. The average Bonchev–Trinajstić information content (AvgIpc) is 3.73.